The number of carbonyl (C=O) groups excluding carboxylic acids is 1. The van der Waals surface area contributed by atoms with Gasteiger partial charge in [0.05, 0.1) is 46.9 Å². The molecule has 0 aliphatic heterocycles. The third-order valence-corrected chi connectivity index (χ3v) is 9.61. The number of anilines is 1. The number of nitrogens with zero attached hydrogens (tertiary/aromatic N) is 6. The molecule has 1 atom stereocenters. The van der Waals surface area contributed by atoms with Crippen molar-refractivity contribution in [3.63, 3.8) is 0 Å². The quantitative estimate of drug-likeness (QED) is 0.0781. The number of benzene rings is 3. The summed E-state index contributed by atoms with van der Waals surface area (Å²) in [6.45, 7) is 7.74. The van der Waals surface area contributed by atoms with Gasteiger partial charge in [-0.15, -0.1) is 5.10 Å². The maximum atomic E-state index is 15.8. The second-order valence-corrected chi connectivity index (χ2v) is 15.2. The maximum absolute atomic E-state index is 15.8. The van der Waals surface area contributed by atoms with Gasteiger partial charge in [-0.3, -0.25) is 0 Å². The Bertz CT molecular complexity index is 2160. The van der Waals surface area contributed by atoms with Crippen molar-refractivity contribution in [3.05, 3.63) is 88.7 Å². The number of carbonyl (C=O) groups is 1. The van der Waals surface area contributed by atoms with Crippen LogP contribution >= 0.6 is 0 Å². The minimum atomic E-state index is -0.845. The van der Waals surface area contributed by atoms with Gasteiger partial charge in [0.2, 0.25) is 0 Å². The number of halogens is 2. The topological polar surface area (TPSA) is 151 Å². The summed E-state index contributed by atoms with van der Waals surface area (Å²) in [6, 6.07) is 13.2. The van der Waals surface area contributed by atoms with Crippen LogP contribution in [0.15, 0.2) is 54.7 Å². The number of likely N-dealkylation sites (N-methyl/N-ethyl adjacent to an activating group) is 1. The Labute approximate surface area is 355 Å². The van der Waals surface area contributed by atoms with E-state index in [2.05, 4.69) is 0 Å². The molecule has 0 saturated heterocycles. The second-order valence-electron chi connectivity index (χ2n) is 15.2. The number of hydrogen-bond donors (Lipinski definition) is 1. The molecule has 15 nitrogen and oxygen atoms in total. The van der Waals surface area contributed by atoms with Crippen LogP contribution in [0.5, 0.6) is 34.8 Å². The van der Waals surface area contributed by atoms with Gasteiger partial charge in [-0.05, 0) is 51.5 Å². The lowest BCUT2D eigenvalue weighted by Crippen LogP contribution is -2.36. The SMILES string of the molecule is CCC[C@H](CCO)Oc1nc(N(Cc2ccc(OC)cc2OC)Cc2ccc(OC)cc2OC)c2ncc(Cc3c(F)cc(OCCN(C)C(=O)OC(C)(C)C)cc3F)n2n1. The minimum absolute atomic E-state index is 0.0249. The molecule has 330 valence electrons. The van der Waals surface area contributed by atoms with E-state index >= 15 is 8.78 Å². The summed E-state index contributed by atoms with van der Waals surface area (Å²) >= 11 is 0. The average molecular weight is 851 g/mol. The van der Waals surface area contributed by atoms with Crippen LogP contribution in [0.3, 0.4) is 0 Å². The molecule has 0 unspecified atom stereocenters. The monoisotopic (exact) mass is 850 g/mol. The maximum Gasteiger partial charge on any atom is 0.410 e. The van der Waals surface area contributed by atoms with Gasteiger partial charge in [0.1, 0.15) is 58.7 Å². The number of methoxy groups -OCH3 is 4. The third-order valence-electron chi connectivity index (χ3n) is 9.61. The number of amides is 1. The highest BCUT2D eigenvalue weighted by Crippen LogP contribution is 2.34. The molecular formula is C44H56F2N6O9. The summed E-state index contributed by atoms with van der Waals surface area (Å²) < 4.78 is 72.8. The van der Waals surface area contributed by atoms with E-state index in [4.69, 9.17) is 48.2 Å². The van der Waals surface area contributed by atoms with Crippen molar-refractivity contribution >= 4 is 17.6 Å². The van der Waals surface area contributed by atoms with E-state index in [-0.39, 0.29) is 62.2 Å². The van der Waals surface area contributed by atoms with Crippen LogP contribution in [0.1, 0.15) is 69.3 Å². The van der Waals surface area contributed by atoms with Crippen LogP contribution in [0.4, 0.5) is 19.4 Å². The second kappa shape index (κ2) is 20.9. The molecule has 0 aliphatic rings. The highest BCUT2D eigenvalue weighted by molar-refractivity contribution is 5.68. The van der Waals surface area contributed by atoms with Crippen molar-refractivity contribution in [1.82, 2.24) is 24.5 Å². The lowest BCUT2D eigenvalue weighted by Gasteiger charge is -2.27. The normalized spacial score (nSPS) is 11.9. The fraction of sp³-hybridized carbons (Fsp3) is 0.455. The number of hydrogen-bond acceptors (Lipinski definition) is 13. The molecule has 1 amide bonds. The Morgan fingerprint density at radius 1 is 0.869 bits per heavy atom. The highest BCUT2D eigenvalue weighted by Gasteiger charge is 2.26. The molecule has 1 N–H and O–H groups in total. The molecule has 2 aromatic heterocycles. The molecule has 5 aromatic rings. The van der Waals surface area contributed by atoms with Crippen LogP contribution in [-0.2, 0) is 24.2 Å². The van der Waals surface area contributed by atoms with Crippen molar-refractivity contribution in [2.24, 2.45) is 0 Å². The Morgan fingerprint density at radius 3 is 2.00 bits per heavy atom. The van der Waals surface area contributed by atoms with Gasteiger partial charge in [0.25, 0.3) is 0 Å². The van der Waals surface area contributed by atoms with E-state index < -0.39 is 29.4 Å². The predicted octanol–water partition coefficient (Wildman–Crippen LogP) is 7.41. The van der Waals surface area contributed by atoms with Crippen LogP contribution in [-0.4, -0.2) is 103 Å². The molecule has 0 radical (unpaired) electrons. The summed E-state index contributed by atoms with van der Waals surface area (Å²) in [6.07, 6.45) is 2.00. The molecule has 0 saturated carbocycles. The van der Waals surface area contributed by atoms with Crippen LogP contribution in [0.2, 0.25) is 0 Å². The van der Waals surface area contributed by atoms with Gasteiger partial charge in [-0.25, -0.2) is 23.1 Å². The zero-order valence-corrected chi connectivity index (χ0v) is 36.3. The Hall–Kier alpha value is -6.10. The average Bonchev–Trinajstić information content (AvgIpc) is 3.63. The van der Waals surface area contributed by atoms with Gasteiger partial charge < -0.3 is 48.1 Å². The van der Waals surface area contributed by atoms with Crippen molar-refractivity contribution in [2.75, 3.05) is 60.1 Å². The molecule has 17 heteroatoms. The number of ether oxygens (including phenoxy) is 7. The van der Waals surface area contributed by atoms with Gasteiger partial charge in [0, 0.05) is 80.5 Å². The highest BCUT2D eigenvalue weighted by atomic mass is 19.1. The fourth-order valence-corrected chi connectivity index (χ4v) is 6.48. The standard InChI is InChI=1S/C44H56F2N6O9/c1-10-11-31(16-18-53)60-42-48-41(51(26-28-12-14-32(55-6)23-38(28)57-8)27-29-13-15-33(56-7)24-39(29)58-9)40-47-25-30(52(40)49-42)20-35-36(45)21-34(22-37(35)46)59-19-17-50(5)43(54)61-44(2,3)4/h12-15,21-25,31,53H,10-11,16-20,26-27H2,1-9H3/t31-/m1/s1. The van der Waals surface area contributed by atoms with Gasteiger partial charge in [-0.1, -0.05) is 13.3 Å². The number of rotatable bonds is 21. The summed E-state index contributed by atoms with van der Waals surface area (Å²) in [7, 11) is 7.84. The summed E-state index contributed by atoms with van der Waals surface area (Å²) in [5.74, 6) is 0.956. The van der Waals surface area contributed by atoms with Crippen molar-refractivity contribution in [3.8, 4) is 34.8 Å². The first kappa shape index (κ1) is 46.0. The van der Waals surface area contributed by atoms with Crippen molar-refractivity contribution in [1.29, 1.82) is 0 Å². The number of aromatic nitrogens is 4. The number of imidazole rings is 1. The Kier molecular flexibility index (Phi) is 15.8. The summed E-state index contributed by atoms with van der Waals surface area (Å²) in [5.41, 5.74) is 1.28. The first-order valence-electron chi connectivity index (χ1n) is 19.9. The van der Waals surface area contributed by atoms with E-state index in [0.29, 0.717) is 47.4 Å². The predicted molar refractivity (Wildman–Crippen MR) is 224 cm³/mol. The number of aliphatic hydroxyl groups excluding tert-OH is 1. The van der Waals surface area contributed by atoms with E-state index in [1.165, 1.54) is 15.6 Å². The minimum Gasteiger partial charge on any atom is -0.497 e. The third kappa shape index (κ3) is 12.0. The largest absolute Gasteiger partial charge is 0.497 e. The zero-order valence-electron chi connectivity index (χ0n) is 36.3. The summed E-state index contributed by atoms with van der Waals surface area (Å²) in [5, 5.41) is 14.5. The van der Waals surface area contributed by atoms with E-state index in [1.807, 2.05) is 36.1 Å². The zero-order chi connectivity index (χ0) is 44.3. The first-order valence-corrected chi connectivity index (χ1v) is 19.9. The molecule has 61 heavy (non-hydrogen) atoms. The van der Waals surface area contributed by atoms with Crippen molar-refractivity contribution in [2.45, 2.75) is 78.2 Å². The molecule has 0 fully saturated rings. The summed E-state index contributed by atoms with van der Waals surface area (Å²) in [4.78, 5) is 25.2. The number of fused-ring (bicyclic) bond motifs is 1. The van der Waals surface area contributed by atoms with Gasteiger partial charge in [0.15, 0.2) is 11.5 Å². The fourth-order valence-electron chi connectivity index (χ4n) is 6.48. The van der Waals surface area contributed by atoms with E-state index in [1.54, 1.807) is 68.4 Å². The molecule has 3 aromatic carbocycles. The lowest BCUT2D eigenvalue weighted by molar-refractivity contribution is 0.0278. The Morgan fingerprint density at radius 2 is 1.48 bits per heavy atom. The molecule has 5 rings (SSSR count). The van der Waals surface area contributed by atoms with Crippen molar-refractivity contribution < 1.29 is 51.8 Å². The van der Waals surface area contributed by atoms with Gasteiger partial charge in [-0.2, -0.15) is 4.98 Å². The van der Waals surface area contributed by atoms with Crippen LogP contribution in [0, 0.1) is 11.6 Å². The van der Waals surface area contributed by atoms with Gasteiger partial charge >= 0.3 is 12.1 Å². The van der Waals surface area contributed by atoms with Crippen LogP contribution in [0.25, 0.3) is 5.65 Å². The first-order chi connectivity index (χ1) is 29.2. The number of aliphatic hydroxyl groups is 1. The molecule has 0 spiro atoms. The Balaban J connectivity index is 1.56. The lowest BCUT2D eigenvalue weighted by atomic mass is 10.1. The van der Waals surface area contributed by atoms with E-state index in [9.17, 15) is 9.90 Å². The molecule has 2 heterocycles. The van der Waals surface area contributed by atoms with Crippen LogP contribution < -0.4 is 33.3 Å². The molecular weight excluding hydrogens is 795 g/mol. The van der Waals surface area contributed by atoms with E-state index in [0.717, 1.165) is 29.7 Å². The smallest absolute Gasteiger partial charge is 0.410 e. The molecule has 0 bridgehead atoms. The molecule has 0 aliphatic carbocycles.